The van der Waals surface area contributed by atoms with E-state index in [2.05, 4.69) is 44.2 Å². The summed E-state index contributed by atoms with van der Waals surface area (Å²) in [5.41, 5.74) is 4.20. The van der Waals surface area contributed by atoms with E-state index in [4.69, 9.17) is 0 Å². The minimum Gasteiger partial charge on any atom is -0.298 e. The normalized spacial score (nSPS) is 13.0. The molecule has 1 atom stereocenters. The maximum absolute atomic E-state index is 13.0. The first kappa shape index (κ1) is 15.5. The summed E-state index contributed by atoms with van der Waals surface area (Å²) in [6, 6.07) is 16.5. The van der Waals surface area contributed by atoms with Crippen LogP contribution < -0.4 is 0 Å². The van der Waals surface area contributed by atoms with Crippen molar-refractivity contribution >= 4 is 5.78 Å². The van der Waals surface area contributed by atoms with Gasteiger partial charge in [-0.2, -0.15) is 0 Å². The third-order valence-corrected chi connectivity index (χ3v) is 3.88. The number of ketones is 1. The number of hydrogen-bond acceptors (Lipinski definition) is 1. The SMILES string of the molecule is Cc1ccc(C)c(C(C(=O)C(C)(C)C)c2ccccc2)c1. The van der Waals surface area contributed by atoms with E-state index in [9.17, 15) is 4.79 Å². The van der Waals surface area contributed by atoms with Gasteiger partial charge in [0.2, 0.25) is 0 Å². The van der Waals surface area contributed by atoms with Gasteiger partial charge >= 0.3 is 0 Å². The average Bonchev–Trinajstić information content (AvgIpc) is 2.43. The molecule has 0 spiro atoms. The second kappa shape index (κ2) is 5.85. The van der Waals surface area contributed by atoms with E-state index in [0.717, 1.165) is 11.1 Å². The molecule has 110 valence electrons. The number of carbonyl (C=O) groups excluding carboxylic acids is 1. The summed E-state index contributed by atoms with van der Waals surface area (Å²) in [5.74, 6) is 0.0773. The molecule has 0 aliphatic carbocycles. The van der Waals surface area contributed by atoms with Crippen LogP contribution in [0.3, 0.4) is 0 Å². The fourth-order valence-electron chi connectivity index (χ4n) is 2.62. The highest BCUT2D eigenvalue weighted by atomic mass is 16.1. The van der Waals surface area contributed by atoms with Crippen LogP contribution in [-0.2, 0) is 4.79 Å². The Balaban J connectivity index is 2.62. The lowest BCUT2D eigenvalue weighted by Gasteiger charge is -2.27. The van der Waals surface area contributed by atoms with Gasteiger partial charge in [0, 0.05) is 5.41 Å². The van der Waals surface area contributed by atoms with Crippen LogP contribution in [0.25, 0.3) is 0 Å². The van der Waals surface area contributed by atoms with Crippen LogP contribution in [0.2, 0.25) is 0 Å². The molecule has 0 aliphatic heterocycles. The van der Waals surface area contributed by atoms with Gasteiger partial charge in [-0.1, -0.05) is 74.9 Å². The third-order valence-electron chi connectivity index (χ3n) is 3.88. The predicted octanol–water partition coefficient (Wildman–Crippen LogP) is 5.05. The standard InChI is InChI=1S/C20H24O/c1-14-11-12-15(2)17(13-14)18(19(21)20(3,4)5)16-9-7-6-8-10-16/h6-13,18H,1-5H3. The Bertz CT molecular complexity index is 633. The van der Waals surface area contributed by atoms with E-state index in [1.807, 2.05) is 39.0 Å². The van der Waals surface area contributed by atoms with Crippen LogP contribution in [0.5, 0.6) is 0 Å². The van der Waals surface area contributed by atoms with Gasteiger partial charge in [-0.25, -0.2) is 0 Å². The monoisotopic (exact) mass is 280 g/mol. The molecule has 0 radical (unpaired) electrons. The Morgan fingerprint density at radius 2 is 1.57 bits per heavy atom. The molecule has 0 heterocycles. The molecule has 2 rings (SSSR count). The predicted molar refractivity (Wildman–Crippen MR) is 88.7 cm³/mol. The maximum Gasteiger partial charge on any atom is 0.150 e. The fourth-order valence-corrected chi connectivity index (χ4v) is 2.62. The Kier molecular flexibility index (Phi) is 4.32. The smallest absolute Gasteiger partial charge is 0.150 e. The molecule has 0 amide bonds. The number of aryl methyl sites for hydroxylation is 2. The third kappa shape index (κ3) is 3.41. The summed E-state index contributed by atoms with van der Waals surface area (Å²) in [6.07, 6.45) is 0. The van der Waals surface area contributed by atoms with Gasteiger partial charge in [0.15, 0.2) is 0 Å². The Labute approximate surface area is 128 Å². The molecule has 0 fully saturated rings. The highest BCUT2D eigenvalue weighted by molar-refractivity contribution is 5.93. The Hall–Kier alpha value is -1.89. The molecule has 1 nitrogen and oxygen atoms in total. The summed E-state index contributed by atoms with van der Waals surface area (Å²) in [6.45, 7) is 10.1. The van der Waals surface area contributed by atoms with Crippen molar-refractivity contribution in [3.8, 4) is 0 Å². The number of rotatable bonds is 3. The number of Topliss-reactive ketones (excluding diaryl/α,β-unsaturated/α-hetero) is 1. The van der Waals surface area contributed by atoms with Crippen molar-refractivity contribution in [2.45, 2.75) is 40.5 Å². The highest BCUT2D eigenvalue weighted by Gasteiger charge is 2.32. The Morgan fingerprint density at radius 1 is 0.952 bits per heavy atom. The topological polar surface area (TPSA) is 17.1 Å². The van der Waals surface area contributed by atoms with E-state index >= 15 is 0 Å². The summed E-state index contributed by atoms with van der Waals surface area (Å²) >= 11 is 0. The molecule has 0 N–H and O–H groups in total. The van der Waals surface area contributed by atoms with Crippen molar-refractivity contribution in [2.75, 3.05) is 0 Å². The molecule has 2 aromatic carbocycles. The van der Waals surface area contributed by atoms with Crippen LogP contribution in [0, 0.1) is 19.3 Å². The van der Waals surface area contributed by atoms with E-state index in [0.29, 0.717) is 0 Å². The molecule has 0 aliphatic rings. The molecule has 0 saturated carbocycles. The summed E-state index contributed by atoms with van der Waals surface area (Å²) < 4.78 is 0. The van der Waals surface area contributed by atoms with Gasteiger partial charge in [-0.3, -0.25) is 4.79 Å². The van der Waals surface area contributed by atoms with Gasteiger partial charge in [0.1, 0.15) is 5.78 Å². The fraction of sp³-hybridized carbons (Fsp3) is 0.350. The van der Waals surface area contributed by atoms with Crippen molar-refractivity contribution < 1.29 is 4.79 Å². The Morgan fingerprint density at radius 3 is 2.14 bits per heavy atom. The van der Waals surface area contributed by atoms with Gasteiger partial charge in [-0.05, 0) is 30.5 Å². The van der Waals surface area contributed by atoms with Crippen molar-refractivity contribution in [1.82, 2.24) is 0 Å². The molecule has 1 unspecified atom stereocenters. The second-order valence-electron chi connectivity index (χ2n) is 6.82. The lowest BCUT2D eigenvalue weighted by molar-refractivity contribution is -0.126. The first-order valence-electron chi connectivity index (χ1n) is 7.47. The lowest BCUT2D eigenvalue weighted by atomic mass is 9.75. The average molecular weight is 280 g/mol. The quantitative estimate of drug-likeness (QED) is 0.769. The van der Waals surface area contributed by atoms with Crippen LogP contribution in [0.15, 0.2) is 48.5 Å². The first-order valence-corrected chi connectivity index (χ1v) is 7.47. The molecular weight excluding hydrogens is 256 g/mol. The van der Waals surface area contributed by atoms with Crippen LogP contribution >= 0.6 is 0 Å². The van der Waals surface area contributed by atoms with Gasteiger partial charge in [-0.15, -0.1) is 0 Å². The summed E-state index contributed by atoms with van der Waals surface area (Å²) in [4.78, 5) is 13.0. The zero-order valence-electron chi connectivity index (χ0n) is 13.6. The number of benzene rings is 2. The molecule has 1 heteroatoms. The summed E-state index contributed by atoms with van der Waals surface area (Å²) in [5, 5.41) is 0. The molecule has 0 aromatic heterocycles. The van der Waals surface area contributed by atoms with Gasteiger partial charge in [0.05, 0.1) is 5.92 Å². The zero-order valence-corrected chi connectivity index (χ0v) is 13.6. The van der Waals surface area contributed by atoms with Crippen molar-refractivity contribution in [1.29, 1.82) is 0 Å². The number of carbonyl (C=O) groups is 1. The maximum atomic E-state index is 13.0. The van der Waals surface area contributed by atoms with Gasteiger partial charge < -0.3 is 0 Å². The molecule has 0 bridgehead atoms. The number of hydrogen-bond donors (Lipinski definition) is 0. The van der Waals surface area contributed by atoms with Crippen LogP contribution in [0.4, 0.5) is 0 Å². The van der Waals surface area contributed by atoms with E-state index in [1.54, 1.807) is 0 Å². The van der Waals surface area contributed by atoms with Crippen molar-refractivity contribution in [2.24, 2.45) is 5.41 Å². The zero-order chi connectivity index (χ0) is 15.6. The first-order chi connectivity index (χ1) is 9.80. The van der Waals surface area contributed by atoms with E-state index < -0.39 is 0 Å². The molecule has 21 heavy (non-hydrogen) atoms. The van der Waals surface area contributed by atoms with Crippen LogP contribution in [0.1, 0.15) is 48.9 Å². The molecule has 2 aromatic rings. The van der Waals surface area contributed by atoms with Crippen molar-refractivity contribution in [3.05, 3.63) is 70.8 Å². The van der Waals surface area contributed by atoms with E-state index in [1.165, 1.54) is 11.1 Å². The second-order valence-corrected chi connectivity index (χ2v) is 6.82. The van der Waals surface area contributed by atoms with Crippen LogP contribution in [-0.4, -0.2) is 5.78 Å². The molecular formula is C20H24O. The summed E-state index contributed by atoms with van der Waals surface area (Å²) in [7, 11) is 0. The van der Waals surface area contributed by atoms with Crippen molar-refractivity contribution in [3.63, 3.8) is 0 Å². The lowest BCUT2D eigenvalue weighted by Crippen LogP contribution is -2.28. The molecule has 0 saturated heterocycles. The minimum absolute atomic E-state index is 0.189. The minimum atomic E-state index is -0.364. The van der Waals surface area contributed by atoms with E-state index in [-0.39, 0.29) is 17.1 Å². The highest BCUT2D eigenvalue weighted by Crippen LogP contribution is 2.34. The largest absolute Gasteiger partial charge is 0.298 e. The van der Waals surface area contributed by atoms with Gasteiger partial charge in [0.25, 0.3) is 0 Å².